The molecule has 1 aliphatic heterocycles. The number of aromatic nitrogens is 2. The third kappa shape index (κ3) is 10.7. The van der Waals surface area contributed by atoms with E-state index in [2.05, 4.69) is 94.7 Å². The Hall–Kier alpha value is -3.59. The molecule has 12 heteroatoms. The lowest BCUT2D eigenvalue weighted by atomic mass is 9.95. The predicted octanol–water partition coefficient (Wildman–Crippen LogP) is 8.03. The number of para-hydroxylation sites is 2. The van der Waals surface area contributed by atoms with E-state index in [1.54, 1.807) is 23.9 Å². The second-order valence-corrected chi connectivity index (χ2v) is 17.7. The first kappa shape index (κ1) is 37.2. The molecule has 0 spiro atoms. The van der Waals surface area contributed by atoms with E-state index in [0.29, 0.717) is 17.9 Å². The topological polar surface area (TPSA) is 126 Å². The highest BCUT2D eigenvalue weighted by Crippen LogP contribution is 2.48. The summed E-state index contributed by atoms with van der Waals surface area (Å²) in [5, 5.41) is 0. The SMILES string of the molecule is O=P(O)(O)CCCC(CCCCC[n+]1ccc(-c2cc[n+](-c3ccc(CP(=O)(O)O)cc3)cc2)cc1)CN1c2ccccc2Sc2ccccc21. The molecular formula is C39H45N3O6P2S+2. The molecule has 0 radical (unpaired) electrons. The lowest BCUT2D eigenvalue weighted by molar-refractivity contribution is -0.697. The first-order chi connectivity index (χ1) is 24.5. The number of anilines is 2. The van der Waals surface area contributed by atoms with Gasteiger partial charge in [-0.05, 0) is 72.6 Å². The van der Waals surface area contributed by atoms with Crippen molar-refractivity contribution in [3.8, 4) is 16.8 Å². The average molecular weight is 746 g/mol. The van der Waals surface area contributed by atoms with Gasteiger partial charge >= 0.3 is 15.2 Å². The van der Waals surface area contributed by atoms with Crippen molar-refractivity contribution in [1.29, 1.82) is 0 Å². The van der Waals surface area contributed by atoms with Crippen LogP contribution in [0.15, 0.2) is 132 Å². The van der Waals surface area contributed by atoms with E-state index in [4.69, 9.17) is 0 Å². The summed E-state index contributed by atoms with van der Waals surface area (Å²) >= 11 is 1.79. The van der Waals surface area contributed by atoms with Gasteiger partial charge in [0, 0.05) is 65.3 Å². The van der Waals surface area contributed by atoms with Crippen molar-refractivity contribution < 1.29 is 37.8 Å². The molecule has 0 fully saturated rings. The van der Waals surface area contributed by atoms with Gasteiger partial charge in [-0.1, -0.05) is 54.6 Å². The highest BCUT2D eigenvalue weighted by Gasteiger charge is 2.26. The molecule has 3 heterocycles. The molecule has 1 unspecified atom stereocenters. The number of nitrogens with zero attached hydrogens (tertiary/aromatic N) is 3. The molecule has 51 heavy (non-hydrogen) atoms. The van der Waals surface area contributed by atoms with E-state index in [-0.39, 0.29) is 12.3 Å². The smallest absolute Gasteiger partial charge is 0.329 e. The zero-order valence-electron chi connectivity index (χ0n) is 28.4. The normalized spacial score (nSPS) is 13.5. The van der Waals surface area contributed by atoms with Crippen LogP contribution in [0, 0.1) is 5.92 Å². The van der Waals surface area contributed by atoms with Crippen molar-refractivity contribution in [3.05, 3.63) is 127 Å². The maximum absolute atomic E-state index is 11.6. The number of hydrogen-bond donors (Lipinski definition) is 4. The van der Waals surface area contributed by atoms with Crippen LogP contribution in [0.25, 0.3) is 16.8 Å². The van der Waals surface area contributed by atoms with E-state index in [1.807, 2.05) is 29.1 Å². The zero-order valence-corrected chi connectivity index (χ0v) is 31.1. The second kappa shape index (κ2) is 16.8. The van der Waals surface area contributed by atoms with Crippen LogP contribution in [0.5, 0.6) is 0 Å². The molecule has 0 aliphatic carbocycles. The Morgan fingerprint density at radius 2 is 1.20 bits per heavy atom. The molecule has 4 N–H and O–H groups in total. The quantitative estimate of drug-likeness (QED) is 0.0455. The molecule has 1 atom stereocenters. The summed E-state index contributed by atoms with van der Waals surface area (Å²) in [4.78, 5) is 42.3. The molecule has 1 aliphatic rings. The zero-order chi connectivity index (χ0) is 35.8. The fraction of sp³-hybridized carbons (Fsp3) is 0.282. The molecule has 3 aromatic carbocycles. The van der Waals surface area contributed by atoms with Crippen molar-refractivity contribution in [2.45, 2.75) is 61.0 Å². The van der Waals surface area contributed by atoms with Gasteiger partial charge in [0.15, 0.2) is 24.8 Å². The number of pyridine rings is 2. The van der Waals surface area contributed by atoms with Gasteiger partial charge in [0.2, 0.25) is 5.69 Å². The minimum absolute atomic E-state index is 0.0696. The summed E-state index contributed by atoms with van der Waals surface area (Å²) in [6, 6.07) is 32.5. The molecule has 266 valence electrons. The Kier molecular flexibility index (Phi) is 12.3. The summed E-state index contributed by atoms with van der Waals surface area (Å²) in [5.74, 6) is 0.310. The molecule has 0 bridgehead atoms. The lowest BCUT2D eigenvalue weighted by Crippen LogP contribution is -2.32. The lowest BCUT2D eigenvalue weighted by Gasteiger charge is -2.35. The molecule has 9 nitrogen and oxygen atoms in total. The van der Waals surface area contributed by atoms with Crippen LogP contribution < -0.4 is 14.0 Å². The number of fused-ring (bicyclic) bond motifs is 2. The summed E-state index contributed by atoms with van der Waals surface area (Å²) in [5.41, 5.74) is 6.13. The number of rotatable bonds is 16. The first-order valence-electron chi connectivity index (χ1n) is 17.3. The molecule has 0 saturated heterocycles. The Labute approximate surface area is 304 Å². The van der Waals surface area contributed by atoms with Gasteiger partial charge in [0.1, 0.15) is 6.54 Å². The van der Waals surface area contributed by atoms with Gasteiger partial charge in [-0.2, -0.15) is 4.57 Å². The van der Waals surface area contributed by atoms with Gasteiger partial charge in [-0.3, -0.25) is 9.13 Å². The second-order valence-electron chi connectivity index (χ2n) is 13.2. The standard InChI is InChI=1S/C39H43N3O6P2S/c43-49(44,45)28-8-10-31(29-42-36-11-3-5-13-38(36)51-39-14-6-4-12-37(39)42)9-2-1-7-23-40-24-19-33(20-25-40)34-21-26-41(27-22-34)35-17-15-32(16-18-35)30-50(46,47)48/h3-6,11-22,24-27,31H,1-2,7-10,23,28-30H2,(H2-2,43,44,45,46,47,48)/p+2. The van der Waals surface area contributed by atoms with Crippen LogP contribution in [0.1, 0.15) is 44.1 Å². The molecule has 0 saturated carbocycles. The molecular weight excluding hydrogens is 700 g/mol. The van der Waals surface area contributed by atoms with E-state index in [0.717, 1.165) is 62.0 Å². The highest BCUT2D eigenvalue weighted by molar-refractivity contribution is 7.99. The fourth-order valence-electron chi connectivity index (χ4n) is 6.65. The number of benzene rings is 3. The largest absolute Gasteiger partial charge is 0.339 e. The third-order valence-electron chi connectivity index (χ3n) is 9.24. The number of unbranched alkanes of at least 4 members (excludes halogenated alkanes) is 2. The maximum atomic E-state index is 11.6. The average Bonchev–Trinajstić information content (AvgIpc) is 3.11. The van der Waals surface area contributed by atoms with Gasteiger partial charge in [0.25, 0.3) is 0 Å². The van der Waals surface area contributed by atoms with Crippen LogP contribution in [0.3, 0.4) is 0 Å². The van der Waals surface area contributed by atoms with Gasteiger partial charge in [-0.15, -0.1) is 0 Å². The number of hydrogen-bond acceptors (Lipinski definition) is 4. The van der Waals surface area contributed by atoms with Crippen molar-refractivity contribution in [1.82, 2.24) is 0 Å². The van der Waals surface area contributed by atoms with Crippen molar-refractivity contribution in [2.24, 2.45) is 5.92 Å². The van der Waals surface area contributed by atoms with E-state index in [1.165, 1.54) is 21.2 Å². The third-order valence-corrected chi connectivity index (χ3v) is 12.0. The summed E-state index contributed by atoms with van der Waals surface area (Å²) in [6.07, 6.45) is 13.3. The van der Waals surface area contributed by atoms with Gasteiger partial charge in [0.05, 0.1) is 17.5 Å². The Morgan fingerprint density at radius 3 is 1.78 bits per heavy atom. The van der Waals surface area contributed by atoms with Gasteiger partial charge < -0.3 is 24.5 Å². The molecule has 6 rings (SSSR count). The maximum Gasteiger partial charge on any atom is 0.329 e. The summed E-state index contributed by atoms with van der Waals surface area (Å²) in [7, 11) is -8.12. The minimum atomic E-state index is -4.09. The highest BCUT2D eigenvalue weighted by atomic mass is 32.2. The van der Waals surface area contributed by atoms with E-state index < -0.39 is 15.2 Å². The molecule has 2 aromatic heterocycles. The van der Waals surface area contributed by atoms with Crippen LogP contribution in [0.4, 0.5) is 11.4 Å². The van der Waals surface area contributed by atoms with Crippen LogP contribution in [-0.2, 0) is 21.8 Å². The monoisotopic (exact) mass is 745 g/mol. The van der Waals surface area contributed by atoms with E-state index >= 15 is 0 Å². The molecule has 0 amide bonds. The van der Waals surface area contributed by atoms with Crippen molar-refractivity contribution in [2.75, 3.05) is 17.6 Å². The van der Waals surface area contributed by atoms with Crippen LogP contribution in [-0.4, -0.2) is 32.3 Å². The number of aryl methyl sites for hydroxylation is 1. The Bertz CT molecular complexity index is 1950. The van der Waals surface area contributed by atoms with Crippen molar-refractivity contribution >= 4 is 38.3 Å². The minimum Gasteiger partial charge on any atom is -0.339 e. The Balaban J connectivity index is 1.01. The summed E-state index contributed by atoms with van der Waals surface area (Å²) < 4.78 is 27.1. The van der Waals surface area contributed by atoms with E-state index in [9.17, 15) is 28.7 Å². The molecule has 5 aromatic rings. The van der Waals surface area contributed by atoms with Crippen LogP contribution in [0.2, 0.25) is 0 Å². The van der Waals surface area contributed by atoms with Crippen LogP contribution >= 0.6 is 27.0 Å². The predicted molar refractivity (Wildman–Crippen MR) is 201 cm³/mol. The van der Waals surface area contributed by atoms with Crippen molar-refractivity contribution in [3.63, 3.8) is 0 Å². The fourth-order valence-corrected chi connectivity index (χ4v) is 9.03. The first-order valence-corrected chi connectivity index (χ1v) is 21.7. The van der Waals surface area contributed by atoms with Gasteiger partial charge in [-0.25, -0.2) is 4.57 Å². The Morgan fingerprint density at radius 1 is 0.627 bits per heavy atom. The summed E-state index contributed by atoms with van der Waals surface area (Å²) in [6.45, 7) is 1.73.